The second-order valence-electron chi connectivity index (χ2n) is 4.49. The third-order valence-electron chi connectivity index (χ3n) is 3.17. The summed E-state index contributed by atoms with van der Waals surface area (Å²) in [7, 11) is 0. The van der Waals surface area contributed by atoms with E-state index < -0.39 is 22.8 Å². The number of rotatable bonds is 6. The Morgan fingerprint density at radius 1 is 1.06 bits per heavy atom. The van der Waals surface area contributed by atoms with E-state index in [1.165, 1.54) is 6.92 Å². The van der Waals surface area contributed by atoms with Crippen LogP contribution in [0.5, 0.6) is 0 Å². The first-order valence-electron chi connectivity index (χ1n) is 5.75. The third kappa shape index (κ3) is 2.87. The lowest BCUT2D eigenvalue weighted by molar-refractivity contribution is -0.177. The third-order valence-corrected chi connectivity index (χ3v) is 3.17. The molecule has 0 aliphatic rings. The second kappa shape index (κ2) is 5.84. The second-order valence-corrected chi connectivity index (χ2v) is 4.49. The van der Waals surface area contributed by atoms with E-state index in [2.05, 4.69) is 6.58 Å². The molecule has 98 valence electrons. The van der Waals surface area contributed by atoms with E-state index in [0.717, 1.165) is 0 Å². The van der Waals surface area contributed by atoms with Crippen LogP contribution in [-0.2, 0) is 19.1 Å². The fraction of sp³-hybridized carbons (Fsp3) is 0.692. The van der Waals surface area contributed by atoms with Gasteiger partial charge in [-0.15, -0.1) is 6.58 Å². The zero-order chi connectivity index (χ0) is 13.7. The molecule has 0 spiro atoms. The van der Waals surface area contributed by atoms with Crippen molar-refractivity contribution in [3.63, 3.8) is 0 Å². The van der Waals surface area contributed by atoms with Gasteiger partial charge in [0, 0.05) is 5.41 Å². The number of hydrogen-bond donors (Lipinski definition) is 0. The minimum absolute atomic E-state index is 0.223. The quantitative estimate of drug-likeness (QED) is 0.407. The molecular weight excluding hydrogens is 220 g/mol. The van der Waals surface area contributed by atoms with Crippen LogP contribution in [0.2, 0.25) is 0 Å². The number of carbonyl (C=O) groups excluding carboxylic acids is 2. The zero-order valence-electron chi connectivity index (χ0n) is 11.3. The average molecular weight is 242 g/mol. The SMILES string of the molecule is C=CC(C)(C)C(C)(C(=O)OCC)C(=O)OCC. The van der Waals surface area contributed by atoms with Crippen molar-refractivity contribution >= 4 is 11.9 Å². The van der Waals surface area contributed by atoms with E-state index in [9.17, 15) is 9.59 Å². The molecule has 0 aliphatic carbocycles. The minimum Gasteiger partial charge on any atom is -0.465 e. The van der Waals surface area contributed by atoms with Crippen molar-refractivity contribution in [3.05, 3.63) is 12.7 Å². The van der Waals surface area contributed by atoms with Gasteiger partial charge in [0.1, 0.15) is 0 Å². The molecule has 0 bridgehead atoms. The number of esters is 2. The Hall–Kier alpha value is -1.32. The van der Waals surface area contributed by atoms with Gasteiger partial charge in [0.15, 0.2) is 5.41 Å². The summed E-state index contributed by atoms with van der Waals surface area (Å²) in [5, 5.41) is 0. The van der Waals surface area contributed by atoms with Crippen molar-refractivity contribution in [1.29, 1.82) is 0 Å². The van der Waals surface area contributed by atoms with Crippen molar-refractivity contribution in [2.45, 2.75) is 34.6 Å². The summed E-state index contributed by atoms with van der Waals surface area (Å²) in [4.78, 5) is 24.0. The molecule has 0 heterocycles. The Kier molecular flexibility index (Phi) is 5.39. The highest BCUT2D eigenvalue weighted by atomic mass is 16.6. The largest absolute Gasteiger partial charge is 0.465 e. The molecule has 17 heavy (non-hydrogen) atoms. The Morgan fingerprint density at radius 3 is 1.65 bits per heavy atom. The first-order valence-corrected chi connectivity index (χ1v) is 5.75. The van der Waals surface area contributed by atoms with Gasteiger partial charge in [-0.1, -0.05) is 19.9 Å². The zero-order valence-corrected chi connectivity index (χ0v) is 11.3. The highest BCUT2D eigenvalue weighted by Gasteiger charge is 2.54. The van der Waals surface area contributed by atoms with E-state index in [4.69, 9.17) is 9.47 Å². The maximum atomic E-state index is 12.0. The van der Waals surface area contributed by atoms with Crippen LogP contribution in [0.25, 0.3) is 0 Å². The summed E-state index contributed by atoms with van der Waals surface area (Å²) in [6, 6.07) is 0. The molecule has 0 unspecified atom stereocenters. The first-order chi connectivity index (χ1) is 7.77. The lowest BCUT2D eigenvalue weighted by Gasteiger charge is -2.37. The standard InChI is InChI=1S/C13H22O4/c1-7-12(4,5)13(6,10(14)16-8-2)11(15)17-9-3/h7H,1,8-9H2,2-6H3. The van der Waals surface area contributed by atoms with Gasteiger partial charge >= 0.3 is 11.9 Å². The first kappa shape index (κ1) is 15.7. The molecule has 0 atom stereocenters. The van der Waals surface area contributed by atoms with Crippen molar-refractivity contribution < 1.29 is 19.1 Å². The lowest BCUT2D eigenvalue weighted by atomic mass is 9.66. The Balaban J connectivity index is 5.43. The Bertz CT molecular complexity index is 287. The topological polar surface area (TPSA) is 52.6 Å². The molecule has 0 saturated heterocycles. The number of carbonyl (C=O) groups is 2. The summed E-state index contributed by atoms with van der Waals surface area (Å²) >= 11 is 0. The van der Waals surface area contributed by atoms with Crippen LogP contribution in [0.4, 0.5) is 0 Å². The van der Waals surface area contributed by atoms with Gasteiger partial charge in [0.25, 0.3) is 0 Å². The Morgan fingerprint density at radius 2 is 1.41 bits per heavy atom. The van der Waals surface area contributed by atoms with Crippen LogP contribution < -0.4 is 0 Å². The molecule has 0 aliphatic heterocycles. The van der Waals surface area contributed by atoms with E-state index in [1.54, 1.807) is 33.8 Å². The number of ether oxygens (including phenoxy) is 2. The fourth-order valence-corrected chi connectivity index (χ4v) is 1.36. The van der Waals surface area contributed by atoms with Gasteiger partial charge < -0.3 is 9.47 Å². The number of hydrogen-bond acceptors (Lipinski definition) is 4. The highest BCUT2D eigenvalue weighted by molar-refractivity contribution is 6.00. The minimum atomic E-state index is -1.37. The summed E-state index contributed by atoms with van der Waals surface area (Å²) < 4.78 is 9.95. The average Bonchev–Trinajstić information content (AvgIpc) is 2.28. The van der Waals surface area contributed by atoms with Crippen LogP contribution in [0.15, 0.2) is 12.7 Å². The normalized spacial score (nSPS) is 11.8. The van der Waals surface area contributed by atoms with Crippen molar-refractivity contribution in [1.82, 2.24) is 0 Å². The number of allylic oxidation sites excluding steroid dienone is 1. The molecule has 0 fully saturated rings. The van der Waals surface area contributed by atoms with E-state index in [-0.39, 0.29) is 13.2 Å². The molecule has 4 nitrogen and oxygen atoms in total. The predicted octanol–water partition coefficient (Wildman–Crippen LogP) is 2.33. The Labute approximate surface area is 103 Å². The van der Waals surface area contributed by atoms with Gasteiger partial charge in [0.05, 0.1) is 13.2 Å². The molecule has 0 saturated carbocycles. The monoisotopic (exact) mass is 242 g/mol. The van der Waals surface area contributed by atoms with E-state index >= 15 is 0 Å². The van der Waals surface area contributed by atoms with E-state index in [1.807, 2.05) is 0 Å². The van der Waals surface area contributed by atoms with Gasteiger partial charge in [-0.3, -0.25) is 9.59 Å². The van der Waals surface area contributed by atoms with Gasteiger partial charge in [0.2, 0.25) is 0 Å². The van der Waals surface area contributed by atoms with Crippen molar-refractivity contribution in [3.8, 4) is 0 Å². The van der Waals surface area contributed by atoms with Crippen LogP contribution in [0.1, 0.15) is 34.6 Å². The van der Waals surface area contributed by atoms with Gasteiger partial charge in [-0.25, -0.2) is 0 Å². The fourth-order valence-electron chi connectivity index (χ4n) is 1.36. The molecule has 0 radical (unpaired) electrons. The summed E-state index contributed by atoms with van der Waals surface area (Å²) in [5.74, 6) is -1.16. The van der Waals surface area contributed by atoms with Crippen LogP contribution in [-0.4, -0.2) is 25.2 Å². The van der Waals surface area contributed by atoms with Crippen molar-refractivity contribution in [2.24, 2.45) is 10.8 Å². The summed E-state index contributed by atoms with van der Waals surface area (Å²) in [6.45, 7) is 12.6. The molecule has 0 rings (SSSR count). The highest BCUT2D eigenvalue weighted by Crippen LogP contribution is 2.42. The van der Waals surface area contributed by atoms with Crippen LogP contribution >= 0.6 is 0 Å². The molecule has 0 aromatic carbocycles. The molecular formula is C13H22O4. The van der Waals surface area contributed by atoms with Gasteiger partial charge in [-0.05, 0) is 20.8 Å². The summed E-state index contributed by atoms with van der Waals surface area (Å²) in [6.07, 6.45) is 1.57. The molecule has 0 amide bonds. The van der Waals surface area contributed by atoms with E-state index in [0.29, 0.717) is 0 Å². The molecule has 0 aromatic rings. The summed E-state index contributed by atoms with van der Waals surface area (Å²) in [5.41, 5.74) is -2.12. The maximum absolute atomic E-state index is 12.0. The van der Waals surface area contributed by atoms with Crippen molar-refractivity contribution in [2.75, 3.05) is 13.2 Å². The molecule has 4 heteroatoms. The van der Waals surface area contributed by atoms with Crippen LogP contribution in [0, 0.1) is 10.8 Å². The van der Waals surface area contributed by atoms with Crippen LogP contribution in [0.3, 0.4) is 0 Å². The molecule has 0 N–H and O–H groups in total. The predicted molar refractivity (Wildman–Crippen MR) is 65.4 cm³/mol. The molecule has 0 aromatic heterocycles. The lowest BCUT2D eigenvalue weighted by Crippen LogP contribution is -2.49. The smallest absolute Gasteiger partial charge is 0.324 e. The van der Waals surface area contributed by atoms with Gasteiger partial charge in [-0.2, -0.15) is 0 Å². The maximum Gasteiger partial charge on any atom is 0.324 e.